The van der Waals surface area contributed by atoms with Gasteiger partial charge in [0.2, 0.25) is 0 Å². The van der Waals surface area contributed by atoms with E-state index in [1.54, 1.807) is 19.1 Å². The number of hydrogen-bond donors (Lipinski definition) is 2. The van der Waals surface area contributed by atoms with Crippen molar-refractivity contribution in [3.8, 4) is 0 Å². The summed E-state index contributed by atoms with van der Waals surface area (Å²) in [7, 11) is 0. The Morgan fingerprint density at radius 3 is 2.69 bits per heavy atom. The van der Waals surface area contributed by atoms with E-state index in [0.29, 0.717) is 10.0 Å². The van der Waals surface area contributed by atoms with E-state index in [1.165, 1.54) is 6.07 Å². The highest BCUT2D eigenvalue weighted by molar-refractivity contribution is 9.10. The molecule has 1 atom stereocenters. The Morgan fingerprint density at radius 2 is 2.25 bits per heavy atom. The summed E-state index contributed by atoms with van der Waals surface area (Å²) in [4.78, 5) is 10.7. The van der Waals surface area contributed by atoms with Crippen molar-refractivity contribution < 1.29 is 14.3 Å². The van der Waals surface area contributed by atoms with Crippen molar-refractivity contribution in [2.24, 2.45) is 5.73 Å². The third-order valence-electron chi connectivity index (χ3n) is 2.57. The molecule has 3 nitrogen and oxygen atoms in total. The van der Waals surface area contributed by atoms with Crippen LogP contribution < -0.4 is 5.73 Å². The molecule has 1 unspecified atom stereocenters. The molecule has 1 aromatic rings. The molecule has 0 aliphatic rings. The summed E-state index contributed by atoms with van der Waals surface area (Å²) in [5.74, 6) is -1.43. The van der Waals surface area contributed by atoms with Gasteiger partial charge in [0.1, 0.15) is 5.82 Å². The van der Waals surface area contributed by atoms with Crippen molar-refractivity contribution in [1.82, 2.24) is 0 Å². The molecular formula is C11H13BrFNO2. The topological polar surface area (TPSA) is 63.3 Å². The number of carbonyl (C=O) groups is 1. The van der Waals surface area contributed by atoms with Gasteiger partial charge in [-0.25, -0.2) is 4.39 Å². The molecule has 0 heterocycles. The minimum Gasteiger partial charge on any atom is -0.481 e. The third kappa shape index (κ3) is 2.80. The van der Waals surface area contributed by atoms with E-state index in [4.69, 9.17) is 10.8 Å². The van der Waals surface area contributed by atoms with Crippen LogP contribution in [0.1, 0.15) is 18.9 Å². The summed E-state index contributed by atoms with van der Waals surface area (Å²) in [6.07, 6.45) is -0.192. The van der Waals surface area contributed by atoms with Crippen LogP contribution >= 0.6 is 15.9 Å². The van der Waals surface area contributed by atoms with Crippen LogP contribution in [-0.2, 0) is 10.2 Å². The lowest BCUT2D eigenvalue weighted by atomic mass is 9.79. The number of aliphatic carboxylic acids is 1. The first-order valence-electron chi connectivity index (χ1n) is 4.76. The largest absolute Gasteiger partial charge is 0.481 e. The summed E-state index contributed by atoms with van der Waals surface area (Å²) in [6.45, 7) is 1.73. The lowest BCUT2D eigenvalue weighted by Gasteiger charge is -2.27. The molecule has 0 bridgehead atoms. The Bertz CT molecular complexity index is 411. The zero-order chi connectivity index (χ0) is 12.3. The Balaban J connectivity index is 3.17. The molecule has 0 saturated carbocycles. The zero-order valence-electron chi connectivity index (χ0n) is 8.84. The number of carboxylic acid groups (broad SMARTS) is 1. The van der Waals surface area contributed by atoms with Gasteiger partial charge in [0, 0.05) is 16.4 Å². The van der Waals surface area contributed by atoms with Gasteiger partial charge in [-0.15, -0.1) is 0 Å². The van der Waals surface area contributed by atoms with E-state index in [1.807, 2.05) is 0 Å². The van der Waals surface area contributed by atoms with Crippen LogP contribution in [0.15, 0.2) is 22.7 Å². The van der Waals surface area contributed by atoms with Gasteiger partial charge in [-0.05, 0) is 17.7 Å². The Labute approximate surface area is 102 Å². The zero-order valence-corrected chi connectivity index (χ0v) is 10.4. The summed E-state index contributed by atoms with van der Waals surface area (Å²) in [5.41, 5.74) is 5.01. The fraction of sp³-hybridized carbons (Fsp3) is 0.364. The van der Waals surface area contributed by atoms with E-state index in [0.717, 1.165) is 0 Å². The van der Waals surface area contributed by atoms with Gasteiger partial charge in [0.15, 0.2) is 0 Å². The van der Waals surface area contributed by atoms with E-state index >= 15 is 0 Å². The average molecular weight is 290 g/mol. The molecule has 5 heteroatoms. The van der Waals surface area contributed by atoms with E-state index < -0.39 is 17.2 Å². The van der Waals surface area contributed by atoms with E-state index in [-0.39, 0.29) is 13.0 Å². The van der Waals surface area contributed by atoms with Gasteiger partial charge in [-0.3, -0.25) is 4.79 Å². The van der Waals surface area contributed by atoms with Crippen molar-refractivity contribution in [3.63, 3.8) is 0 Å². The molecule has 1 aromatic carbocycles. The molecule has 3 N–H and O–H groups in total. The first-order chi connectivity index (χ1) is 7.39. The van der Waals surface area contributed by atoms with Crippen LogP contribution in [0.2, 0.25) is 0 Å². The van der Waals surface area contributed by atoms with Crippen LogP contribution in [0.4, 0.5) is 4.39 Å². The standard InChI is InChI=1S/C11H13BrFNO2/c1-11(6-14,5-10(15)16)8-3-2-7(12)4-9(8)13/h2-4H,5-6,14H2,1H3,(H,15,16). The fourth-order valence-corrected chi connectivity index (χ4v) is 1.92. The Kier molecular flexibility index (Phi) is 4.04. The number of nitrogens with two attached hydrogens (primary N) is 1. The Morgan fingerprint density at radius 1 is 1.62 bits per heavy atom. The molecule has 0 aromatic heterocycles. The molecule has 0 aliphatic carbocycles. The number of hydrogen-bond acceptors (Lipinski definition) is 2. The quantitative estimate of drug-likeness (QED) is 0.894. The van der Waals surface area contributed by atoms with Gasteiger partial charge < -0.3 is 10.8 Å². The smallest absolute Gasteiger partial charge is 0.304 e. The first kappa shape index (κ1) is 13.1. The molecule has 0 saturated heterocycles. The van der Waals surface area contributed by atoms with Gasteiger partial charge in [0.05, 0.1) is 6.42 Å². The normalized spacial score (nSPS) is 14.5. The van der Waals surface area contributed by atoms with E-state index in [9.17, 15) is 9.18 Å². The minimum absolute atomic E-state index is 0.0812. The predicted molar refractivity (Wildman–Crippen MR) is 62.8 cm³/mol. The Hall–Kier alpha value is -0.940. The highest BCUT2D eigenvalue weighted by Crippen LogP contribution is 2.30. The maximum atomic E-state index is 13.7. The van der Waals surface area contributed by atoms with Gasteiger partial charge in [0.25, 0.3) is 0 Å². The average Bonchev–Trinajstić information content (AvgIpc) is 2.16. The van der Waals surface area contributed by atoms with Crippen LogP contribution in [0.3, 0.4) is 0 Å². The first-order valence-corrected chi connectivity index (χ1v) is 5.56. The molecular weight excluding hydrogens is 277 g/mol. The SMILES string of the molecule is CC(CN)(CC(=O)O)c1ccc(Br)cc1F. The molecule has 0 aliphatic heterocycles. The summed E-state index contributed by atoms with van der Waals surface area (Å²) >= 11 is 3.15. The lowest BCUT2D eigenvalue weighted by molar-refractivity contribution is -0.138. The molecule has 0 amide bonds. The number of carboxylic acids is 1. The van der Waals surface area contributed by atoms with Gasteiger partial charge in [-0.2, -0.15) is 0 Å². The number of halogens is 2. The second-order valence-corrected chi connectivity index (χ2v) is 4.88. The number of benzene rings is 1. The number of rotatable bonds is 4. The monoisotopic (exact) mass is 289 g/mol. The molecule has 0 spiro atoms. The van der Waals surface area contributed by atoms with Crippen molar-refractivity contribution in [1.29, 1.82) is 0 Å². The maximum Gasteiger partial charge on any atom is 0.304 e. The molecule has 88 valence electrons. The van der Waals surface area contributed by atoms with Crippen LogP contribution in [0.25, 0.3) is 0 Å². The second kappa shape index (κ2) is 4.93. The fourth-order valence-electron chi connectivity index (χ4n) is 1.59. The summed E-state index contributed by atoms with van der Waals surface area (Å²) in [5, 5.41) is 8.80. The predicted octanol–water partition coefficient (Wildman–Crippen LogP) is 2.28. The van der Waals surface area contributed by atoms with Crippen LogP contribution in [0, 0.1) is 5.82 Å². The lowest BCUT2D eigenvalue weighted by Crippen LogP contribution is -2.35. The van der Waals surface area contributed by atoms with Gasteiger partial charge >= 0.3 is 5.97 Å². The third-order valence-corrected chi connectivity index (χ3v) is 3.07. The van der Waals surface area contributed by atoms with E-state index in [2.05, 4.69) is 15.9 Å². The van der Waals surface area contributed by atoms with Crippen molar-refractivity contribution in [2.45, 2.75) is 18.8 Å². The minimum atomic E-state index is -0.990. The summed E-state index contributed by atoms with van der Waals surface area (Å²) < 4.78 is 14.3. The van der Waals surface area contributed by atoms with Crippen molar-refractivity contribution in [3.05, 3.63) is 34.1 Å². The molecule has 0 fully saturated rings. The van der Waals surface area contributed by atoms with Crippen molar-refractivity contribution >= 4 is 21.9 Å². The molecule has 16 heavy (non-hydrogen) atoms. The highest BCUT2D eigenvalue weighted by atomic mass is 79.9. The van der Waals surface area contributed by atoms with Crippen molar-refractivity contribution in [2.75, 3.05) is 6.54 Å². The highest BCUT2D eigenvalue weighted by Gasteiger charge is 2.30. The maximum absolute atomic E-state index is 13.7. The van der Waals surface area contributed by atoms with Crippen LogP contribution in [0.5, 0.6) is 0 Å². The molecule has 1 rings (SSSR count). The second-order valence-electron chi connectivity index (χ2n) is 3.96. The molecule has 0 radical (unpaired) electrons. The summed E-state index contributed by atoms with van der Waals surface area (Å²) in [6, 6.07) is 4.55. The van der Waals surface area contributed by atoms with Gasteiger partial charge in [-0.1, -0.05) is 28.9 Å². The van der Waals surface area contributed by atoms with Crippen LogP contribution in [-0.4, -0.2) is 17.6 Å².